The summed E-state index contributed by atoms with van der Waals surface area (Å²) >= 11 is 0. The number of hydrogen-bond acceptors (Lipinski definition) is 1. The maximum atomic E-state index is 13.4. The Morgan fingerprint density at radius 2 is 1.91 bits per heavy atom. The van der Waals surface area contributed by atoms with Gasteiger partial charge in [0.15, 0.2) is 0 Å². The normalized spacial score (nSPS) is 15.4. The van der Waals surface area contributed by atoms with Crippen LogP contribution >= 0.6 is 0 Å². The molecule has 1 saturated carbocycles. The number of nitrogens with zero attached hydrogens (tertiary/aromatic N) is 1. The molecule has 0 unspecified atom stereocenters. The average molecular weight is 297 g/mol. The summed E-state index contributed by atoms with van der Waals surface area (Å²) in [4.78, 5) is 14.7. The summed E-state index contributed by atoms with van der Waals surface area (Å²) in [5, 5.41) is 0. The smallest absolute Gasteiger partial charge is 0.254 e. The van der Waals surface area contributed by atoms with E-state index in [1.54, 1.807) is 12.1 Å². The first-order valence-electron chi connectivity index (χ1n) is 7.75. The number of hydrogen-bond donors (Lipinski definition) is 0. The molecule has 2 aromatic rings. The number of amides is 1. The highest BCUT2D eigenvalue weighted by Crippen LogP contribution is 2.36. The van der Waals surface area contributed by atoms with Gasteiger partial charge in [-0.2, -0.15) is 0 Å². The maximum Gasteiger partial charge on any atom is 0.254 e. The minimum Gasteiger partial charge on any atom is -0.331 e. The van der Waals surface area contributed by atoms with Gasteiger partial charge in [-0.3, -0.25) is 4.79 Å². The summed E-state index contributed by atoms with van der Waals surface area (Å²) < 4.78 is 13.4. The molecule has 1 aliphatic carbocycles. The van der Waals surface area contributed by atoms with Gasteiger partial charge < -0.3 is 4.90 Å². The first-order chi connectivity index (χ1) is 10.6. The highest BCUT2D eigenvalue weighted by atomic mass is 19.1. The second-order valence-electron chi connectivity index (χ2n) is 6.01. The van der Waals surface area contributed by atoms with Gasteiger partial charge in [0.05, 0.1) is 0 Å². The topological polar surface area (TPSA) is 20.3 Å². The molecule has 1 fully saturated rings. The minimum atomic E-state index is -0.371. The molecule has 1 atom stereocenters. The zero-order chi connectivity index (χ0) is 15.5. The molecule has 3 rings (SSSR count). The molecular formula is C19H20FNO. The van der Waals surface area contributed by atoms with E-state index in [1.807, 2.05) is 35.2 Å². The molecule has 0 radical (unpaired) electrons. The predicted octanol–water partition coefficient (Wildman–Crippen LogP) is 4.27. The lowest BCUT2D eigenvalue weighted by Gasteiger charge is -2.30. The van der Waals surface area contributed by atoms with Crippen LogP contribution in [0, 0.1) is 11.7 Å². The number of rotatable bonds is 5. The number of halogens is 1. The molecule has 2 nitrogen and oxygen atoms in total. The van der Waals surface area contributed by atoms with Crippen LogP contribution in [-0.4, -0.2) is 16.8 Å². The van der Waals surface area contributed by atoms with Crippen LogP contribution < -0.4 is 0 Å². The Kier molecular flexibility index (Phi) is 4.23. The average Bonchev–Trinajstić information content (AvgIpc) is 3.37. The zero-order valence-corrected chi connectivity index (χ0v) is 12.7. The van der Waals surface area contributed by atoms with Crippen LogP contribution in [0.25, 0.3) is 0 Å². The second-order valence-corrected chi connectivity index (χ2v) is 6.01. The first kappa shape index (κ1) is 14.8. The van der Waals surface area contributed by atoms with E-state index in [2.05, 4.69) is 6.92 Å². The molecule has 0 aliphatic heterocycles. The van der Waals surface area contributed by atoms with E-state index in [9.17, 15) is 9.18 Å². The van der Waals surface area contributed by atoms with Gasteiger partial charge in [-0.15, -0.1) is 0 Å². The molecule has 0 N–H and O–H groups in total. The van der Waals surface area contributed by atoms with Crippen LogP contribution in [0.3, 0.4) is 0 Å². The van der Waals surface area contributed by atoms with Gasteiger partial charge in [0.25, 0.3) is 5.91 Å². The van der Waals surface area contributed by atoms with Gasteiger partial charge in [0, 0.05) is 18.2 Å². The molecule has 3 heteroatoms. The van der Waals surface area contributed by atoms with Gasteiger partial charge in [0.2, 0.25) is 0 Å². The van der Waals surface area contributed by atoms with Crippen LogP contribution in [0.1, 0.15) is 35.7 Å². The van der Waals surface area contributed by atoms with Crippen LogP contribution in [0.5, 0.6) is 0 Å². The van der Waals surface area contributed by atoms with Crippen molar-refractivity contribution < 1.29 is 9.18 Å². The Morgan fingerprint density at radius 1 is 1.18 bits per heavy atom. The number of carbonyl (C=O) groups is 1. The summed E-state index contributed by atoms with van der Waals surface area (Å²) in [6.07, 6.45) is 2.34. The van der Waals surface area contributed by atoms with Crippen molar-refractivity contribution in [2.75, 3.05) is 0 Å². The fourth-order valence-electron chi connectivity index (χ4n) is 2.80. The molecule has 0 bridgehead atoms. The van der Waals surface area contributed by atoms with E-state index in [0.29, 0.717) is 18.0 Å². The quantitative estimate of drug-likeness (QED) is 0.807. The summed E-state index contributed by atoms with van der Waals surface area (Å²) in [6, 6.07) is 16.1. The highest BCUT2D eigenvalue weighted by molar-refractivity contribution is 5.94. The van der Waals surface area contributed by atoms with Crippen molar-refractivity contribution in [3.63, 3.8) is 0 Å². The Hall–Kier alpha value is -2.16. The third kappa shape index (κ3) is 3.35. The van der Waals surface area contributed by atoms with E-state index in [0.717, 1.165) is 5.56 Å². The van der Waals surface area contributed by atoms with Crippen LogP contribution in [-0.2, 0) is 6.54 Å². The maximum absolute atomic E-state index is 13.4. The molecule has 0 saturated heterocycles. The summed E-state index contributed by atoms with van der Waals surface area (Å²) in [5.41, 5.74) is 1.52. The predicted molar refractivity (Wildman–Crippen MR) is 84.9 cm³/mol. The van der Waals surface area contributed by atoms with Crippen molar-refractivity contribution in [2.24, 2.45) is 5.92 Å². The van der Waals surface area contributed by atoms with E-state index in [-0.39, 0.29) is 17.8 Å². The third-order valence-corrected chi connectivity index (χ3v) is 4.32. The van der Waals surface area contributed by atoms with E-state index in [1.165, 1.54) is 25.0 Å². The van der Waals surface area contributed by atoms with Crippen LogP contribution in [0.15, 0.2) is 54.6 Å². The SMILES string of the molecule is C[C@@H](C1CC1)N(Cc1ccccc1)C(=O)c1cccc(F)c1. The fraction of sp³-hybridized carbons (Fsp3) is 0.316. The van der Waals surface area contributed by atoms with Gasteiger partial charge in [-0.05, 0) is 49.4 Å². The summed E-state index contributed by atoms with van der Waals surface area (Å²) in [5.74, 6) is 0.105. The number of benzene rings is 2. The van der Waals surface area contributed by atoms with E-state index >= 15 is 0 Å². The van der Waals surface area contributed by atoms with Gasteiger partial charge in [0.1, 0.15) is 5.82 Å². The molecule has 114 valence electrons. The van der Waals surface area contributed by atoms with Crippen LogP contribution in [0.4, 0.5) is 4.39 Å². The lowest BCUT2D eigenvalue weighted by atomic mass is 10.1. The first-order valence-corrected chi connectivity index (χ1v) is 7.75. The standard InChI is InChI=1S/C19H20FNO/c1-14(16-10-11-16)21(13-15-6-3-2-4-7-15)19(22)17-8-5-9-18(20)12-17/h2-9,12,14,16H,10-11,13H2,1H3/t14-/m0/s1. The monoisotopic (exact) mass is 297 g/mol. The highest BCUT2D eigenvalue weighted by Gasteiger charge is 2.34. The molecule has 0 spiro atoms. The molecule has 22 heavy (non-hydrogen) atoms. The van der Waals surface area contributed by atoms with Gasteiger partial charge in [-0.25, -0.2) is 4.39 Å². The molecule has 0 aromatic heterocycles. The molecule has 1 amide bonds. The van der Waals surface area contributed by atoms with Crippen molar-refractivity contribution in [3.05, 3.63) is 71.5 Å². The van der Waals surface area contributed by atoms with Crippen molar-refractivity contribution in [1.29, 1.82) is 0 Å². The van der Waals surface area contributed by atoms with Crippen molar-refractivity contribution in [1.82, 2.24) is 4.90 Å². The van der Waals surface area contributed by atoms with E-state index in [4.69, 9.17) is 0 Å². The van der Waals surface area contributed by atoms with Crippen molar-refractivity contribution >= 4 is 5.91 Å². The van der Waals surface area contributed by atoms with Crippen molar-refractivity contribution in [3.8, 4) is 0 Å². The lowest BCUT2D eigenvalue weighted by Crippen LogP contribution is -2.39. The van der Waals surface area contributed by atoms with Gasteiger partial charge >= 0.3 is 0 Å². The Morgan fingerprint density at radius 3 is 2.55 bits per heavy atom. The Balaban J connectivity index is 1.85. The Labute approximate surface area is 130 Å². The van der Waals surface area contributed by atoms with Gasteiger partial charge in [-0.1, -0.05) is 36.4 Å². The minimum absolute atomic E-state index is 0.0947. The molecule has 0 heterocycles. The van der Waals surface area contributed by atoms with E-state index < -0.39 is 0 Å². The van der Waals surface area contributed by atoms with Crippen molar-refractivity contribution in [2.45, 2.75) is 32.4 Å². The molecule has 2 aromatic carbocycles. The van der Waals surface area contributed by atoms with Crippen LogP contribution in [0.2, 0.25) is 0 Å². The summed E-state index contributed by atoms with van der Waals surface area (Å²) in [6.45, 7) is 2.66. The summed E-state index contributed by atoms with van der Waals surface area (Å²) in [7, 11) is 0. The molecule has 1 aliphatic rings. The molecular weight excluding hydrogens is 277 g/mol. The lowest BCUT2D eigenvalue weighted by molar-refractivity contribution is 0.0654. The number of carbonyl (C=O) groups excluding carboxylic acids is 1. The zero-order valence-electron chi connectivity index (χ0n) is 12.7. The third-order valence-electron chi connectivity index (χ3n) is 4.32. The Bertz CT molecular complexity index is 651. The largest absolute Gasteiger partial charge is 0.331 e. The second kappa shape index (κ2) is 6.30. The fourth-order valence-corrected chi connectivity index (χ4v) is 2.80.